The van der Waals surface area contributed by atoms with E-state index in [-0.39, 0.29) is 0 Å². The van der Waals surface area contributed by atoms with Gasteiger partial charge in [-0.25, -0.2) is 0 Å². The number of piperazine rings is 1. The average Bonchev–Trinajstić information content (AvgIpc) is 3.12. The SMILES string of the molecule is Oc1ccccc1N1CCN(Cc2cn[nH]c2-c2cccnc2)CC1. The summed E-state index contributed by atoms with van der Waals surface area (Å²) in [6.45, 7) is 4.56. The molecule has 0 aliphatic carbocycles. The van der Waals surface area contributed by atoms with E-state index in [1.165, 1.54) is 5.56 Å². The Labute approximate surface area is 146 Å². The van der Waals surface area contributed by atoms with Gasteiger partial charge in [-0.05, 0) is 24.3 Å². The van der Waals surface area contributed by atoms with Gasteiger partial charge in [-0.3, -0.25) is 15.0 Å². The molecule has 0 spiro atoms. The number of anilines is 1. The fraction of sp³-hybridized carbons (Fsp3) is 0.263. The van der Waals surface area contributed by atoms with Crippen molar-refractivity contribution < 1.29 is 5.11 Å². The molecule has 128 valence electrons. The van der Waals surface area contributed by atoms with Crippen LogP contribution in [0.3, 0.4) is 0 Å². The lowest BCUT2D eigenvalue weighted by Gasteiger charge is -2.36. The zero-order valence-corrected chi connectivity index (χ0v) is 14.0. The van der Waals surface area contributed by atoms with Crippen LogP contribution in [-0.2, 0) is 6.54 Å². The summed E-state index contributed by atoms with van der Waals surface area (Å²) in [5.74, 6) is 0.352. The minimum atomic E-state index is 0.352. The molecular weight excluding hydrogens is 314 g/mol. The molecule has 6 heteroatoms. The smallest absolute Gasteiger partial charge is 0.138 e. The number of para-hydroxylation sites is 2. The Hall–Kier alpha value is -2.86. The number of H-pyrrole nitrogens is 1. The first-order valence-corrected chi connectivity index (χ1v) is 8.49. The number of hydrogen-bond acceptors (Lipinski definition) is 5. The quantitative estimate of drug-likeness (QED) is 0.767. The Morgan fingerprint density at radius 1 is 1.00 bits per heavy atom. The lowest BCUT2D eigenvalue weighted by molar-refractivity contribution is 0.249. The Bertz CT molecular complexity index is 825. The van der Waals surface area contributed by atoms with Crippen LogP contribution in [0, 0.1) is 0 Å². The van der Waals surface area contributed by atoms with E-state index in [2.05, 4.69) is 25.0 Å². The molecular formula is C19H21N5O. The van der Waals surface area contributed by atoms with Crippen molar-refractivity contribution in [2.45, 2.75) is 6.54 Å². The van der Waals surface area contributed by atoms with Crippen molar-refractivity contribution in [1.82, 2.24) is 20.1 Å². The molecule has 0 bridgehead atoms. The first-order valence-electron chi connectivity index (χ1n) is 8.49. The maximum Gasteiger partial charge on any atom is 0.138 e. The molecule has 1 saturated heterocycles. The van der Waals surface area contributed by atoms with E-state index >= 15 is 0 Å². The summed E-state index contributed by atoms with van der Waals surface area (Å²) in [6.07, 6.45) is 5.53. The van der Waals surface area contributed by atoms with E-state index in [4.69, 9.17) is 0 Å². The third kappa shape index (κ3) is 3.34. The van der Waals surface area contributed by atoms with Gasteiger partial charge in [0.1, 0.15) is 5.75 Å². The molecule has 2 N–H and O–H groups in total. The van der Waals surface area contributed by atoms with Crippen LogP contribution in [-0.4, -0.2) is 51.4 Å². The number of phenols is 1. The van der Waals surface area contributed by atoms with Crippen molar-refractivity contribution in [3.05, 3.63) is 60.6 Å². The molecule has 1 aromatic carbocycles. The van der Waals surface area contributed by atoms with Gasteiger partial charge in [-0.2, -0.15) is 5.10 Å². The summed E-state index contributed by atoms with van der Waals surface area (Å²) in [4.78, 5) is 8.85. The molecule has 0 atom stereocenters. The minimum Gasteiger partial charge on any atom is -0.506 e. The number of aromatic nitrogens is 3. The van der Waals surface area contributed by atoms with Gasteiger partial charge in [-0.15, -0.1) is 0 Å². The number of benzene rings is 1. The van der Waals surface area contributed by atoms with Gasteiger partial charge >= 0.3 is 0 Å². The molecule has 1 aliphatic heterocycles. The second-order valence-electron chi connectivity index (χ2n) is 6.26. The second kappa shape index (κ2) is 6.94. The number of phenolic OH excluding ortho intramolecular Hbond substituents is 1. The molecule has 1 aliphatic rings. The second-order valence-corrected chi connectivity index (χ2v) is 6.26. The highest BCUT2D eigenvalue weighted by atomic mass is 16.3. The van der Waals surface area contributed by atoms with Crippen molar-refractivity contribution in [1.29, 1.82) is 0 Å². The van der Waals surface area contributed by atoms with Crippen LogP contribution in [0.15, 0.2) is 55.0 Å². The van der Waals surface area contributed by atoms with E-state index in [1.54, 1.807) is 12.3 Å². The van der Waals surface area contributed by atoms with Gasteiger partial charge in [0.2, 0.25) is 0 Å². The number of aromatic amines is 1. The minimum absolute atomic E-state index is 0.352. The highest BCUT2D eigenvalue weighted by Gasteiger charge is 2.20. The molecule has 25 heavy (non-hydrogen) atoms. The lowest BCUT2D eigenvalue weighted by atomic mass is 10.1. The van der Waals surface area contributed by atoms with Gasteiger partial charge in [0.25, 0.3) is 0 Å². The van der Waals surface area contributed by atoms with Crippen molar-refractivity contribution in [2.75, 3.05) is 31.1 Å². The Morgan fingerprint density at radius 3 is 2.60 bits per heavy atom. The third-order valence-corrected chi connectivity index (χ3v) is 4.66. The number of rotatable bonds is 4. The predicted octanol–water partition coefficient (Wildman–Crippen LogP) is 2.50. The van der Waals surface area contributed by atoms with Crippen molar-refractivity contribution in [3.63, 3.8) is 0 Å². The molecule has 2 aromatic heterocycles. The largest absolute Gasteiger partial charge is 0.506 e. The number of nitrogens with one attached hydrogen (secondary N) is 1. The van der Waals surface area contributed by atoms with E-state index in [9.17, 15) is 5.11 Å². The molecule has 3 heterocycles. The highest BCUT2D eigenvalue weighted by Crippen LogP contribution is 2.28. The first kappa shape index (κ1) is 15.7. The van der Waals surface area contributed by atoms with Crippen molar-refractivity contribution in [3.8, 4) is 17.0 Å². The summed E-state index contributed by atoms with van der Waals surface area (Å²) in [6, 6.07) is 11.5. The van der Waals surface area contributed by atoms with Crippen LogP contribution in [0.2, 0.25) is 0 Å². The molecule has 0 amide bonds. The number of pyridine rings is 1. The van der Waals surface area contributed by atoms with Crippen LogP contribution >= 0.6 is 0 Å². The van der Waals surface area contributed by atoms with Crippen molar-refractivity contribution in [2.24, 2.45) is 0 Å². The molecule has 0 radical (unpaired) electrons. The first-order chi connectivity index (χ1) is 12.3. The molecule has 0 saturated carbocycles. The van der Waals surface area contributed by atoms with Crippen LogP contribution in [0.5, 0.6) is 5.75 Å². The molecule has 1 fully saturated rings. The third-order valence-electron chi connectivity index (χ3n) is 4.66. The normalized spacial score (nSPS) is 15.4. The zero-order chi connectivity index (χ0) is 17.1. The van der Waals surface area contributed by atoms with Gasteiger partial charge in [0.15, 0.2) is 0 Å². The monoisotopic (exact) mass is 335 g/mol. The summed E-state index contributed by atoms with van der Waals surface area (Å²) < 4.78 is 0. The van der Waals surface area contributed by atoms with Gasteiger partial charge in [0.05, 0.1) is 17.6 Å². The topological polar surface area (TPSA) is 68.3 Å². The molecule has 3 aromatic rings. The summed E-state index contributed by atoms with van der Waals surface area (Å²) in [5, 5.41) is 17.3. The Kier molecular flexibility index (Phi) is 4.35. The summed E-state index contributed by atoms with van der Waals surface area (Å²) in [7, 11) is 0. The van der Waals surface area contributed by atoms with E-state index < -0.39 is 0 Å². The van der Waals surface area contributed by atoms with Gasteiger partial charge in [-0.1, -0.05) is 12.1 Å². The number of hydrogen-bond donors (Lipinski definition) is 2. The molecule has 6 nitrogen and oxygen atoms in total. The highest BCUT2D eigenvalue weighted by molar-refractivity contribution is 5.61. The van der Waals surface area contributed by atoms with Gasteiger partial charge in [0, 0.05) is 56.2 Å². The van der Waals surface area contributed by atoms with E-state index in [0.29, 0.717) is 5.75 Å². The lowest BCUT2D eigenvalue weighted by Crippen LogP contribution is -2.46. The maximum absolute atomic E-state index is 10.0. The van der Waals surface area contributed by atoms with Gasteiger partial charge < -0.3 is 10.0 Å². The standard InChI is InChI=1S/C19H21N5O/c25-18-6-2-1-5-17(18)24-10-8-23(9-11-24)14-16-13-21-22-19(16)15-4-3-7-20-12-15/h1-7,12-13,25H,8-11,14H2,(H,21,22). The fourth-order valence-corrected chi connectivity index (χ4v) is 3.31. The average molecular weight is 335 g/mol. The Morgan fingerprint density at radius 2 is 1.84 bits per heavy atom. The zero-order valence-electron chi connectivity index (χ0n) is 14.0. The van der Waals surface area contributed by atoms with E-state index in [0.717, 1.165) is 49.7 Å². The predicted molar refractivity (Wildman–Crippen MR) is 97.4 cm³/mol. The van der Waals surface area contributed by atoms with Crippen LogP contribution in [0.1, 0.15) is 5.56 Å². The molecule has 4 rings (SSSR count). The molecule has 0 unspecified atom stereocenters. The van der Waals surface area contributed by atoms with E-state index in [1.807, 2.05) is 42.7 Å². The van der Waals surface area contributed by atoms with Crippen LogP contribution in [0.4, 0.5) is 5.69 Å². The Balaban J connectivity index is 1.42. The number of aromatic hydroxyl groups is 1. The summed E-state index contributed by atoms with van der Waals surface area (Å²) >= 11 is 0. The number of nitrogens with zero attached hydrogens (tertiary/aromatic N) is 4. The van der Waals surface area contributed by atoms with Crippen LogP contribution in [0.25, 0.3) is 11.3 Å². The fourth-order valence-electron chi connectivity index (χ4n) is 3.31. The van der Waals surface area contributed by atoms with Crippen LogP contribution < -0.4 is 4.90 Å². The van der Waals surface area contributed by atoms with Crippen molar-refractivity contribution >= 4 is 5.69 Å². The maximum atomic E-state index is 10.0. The summed E-state index contributed by atoms with van der Waals surface area (Å²) in [5.41, 5.74) is 4.20.